The van der Waals surface area contributed by atoms with Crippen LogP contribution in [0.1, 0.15) is 52.9 Å². The fourth-order valence-corrected chi connectivity index (χ4v) is 4.17. The van der Waals surface area contributed by atoms with Gasteiger partial charge in [0.25, 0.3) is 0 Å². The van der Waals surface area contributed by atoms with Crippen molar-refractivity contribution in [2.75, 3.05) is 0 Å². The molecular weight excluding hydrogens is 334 g/mol. The lowest BCUT2D eigenvalue weighted by molar-refractivity contribution is 0.100. The van der Waals surface area contributed by atoms with E-state index in [1.54, 1.807) is 12.1 Å². The molecule has 23 heavy (non-hydrogen) atoms. The monoisotopic (exact) mass is 361 g/mol. The van der Waals surface area contributed by atoms with Gasteiger partial charge in [-0.05, 0) is 30.5 Å². The highest BCUT2D eigenvalue weighted by Crippen LogP contribution is 2.21. The maximum atomic E-state index is 12.6. The summed E-state index contributed by atoms with van der Waals surface area (Å²) in [4.78, 5) is 0.124. The van der Waals surface area contributed by atoms with Crippen LogP contribution < -0.4 is 4.72 Å². The molecule has 0 saturated heterocycles. The zero-order chi connectivity index (χ0) is 17.5. The maximum Gasteiger partial charge on any atom is 0.240 e. The molecule has 0 aliphatic carbocycles. The highest BCUT2D eigenvalue weighted by Gasteiger charge is 2.29. The number of sulfonamides is 1. The summed E-state index contributed by atoms with van der Waals surface area (Å²) in [6.07, 6.45) is 3.68. The van der Waals surface area contributed by atoms with Gasteiger partial charge in [0, 0.05) is 5.02 Å². The first-order chi connectivity index (χ1) is 10.8. The summed E-state index contributed by atoms with van der Waals surface area (Å²) in [6.45, 7) is 6.04. The first kappa shape index (κ1) is 20.4. The number of unbranched alkanes of at least 4 members (excludes halogenated alkanes) is 2. The largest absolute Gasteiger partial charge is 0.391 e. The Hall–Kier alpha value is -0.620. The minimum absolute atomic E-state index is 0.0422. The number of hydrogen-bond donors (Lipinski definition) is 2. The molecule has 0 heterocycles. The lowest BCUT2D eigenvalue weighted by Crippen LogP contribution is -2.47. The van der Waals surface area contributed by atoms with E-state index in [0.717, 1.165) is 25.7 Å². The van der Waals surface area contributed by atoms with Gasteiger partial charge in [0.15, 0.2) is 0 Å². The van der Waals surface area contributed by atoms with Crippen molar-refractivity contribution in [3.63, 3.8) is 0 Å². The lowest BCUT2D eigenvalue weighted by Gasteiger charge is -2.29. The molecule has 0 fully saturated rings. The summed E-state index contributed by atoms with van der Waals surface area (Å²) >= 11 is 5.88. The summed E-state index contributed by atoms with van der Waals surface area (Å²) in [7, 11) is -3.71. The highest BCUT2D eigenvalue weighted by molar-refractivity contribution is 7.89. The van der Waals surface area contributed by atoms with Crippen LogP contribution in [0.5, 0.6) is 0 Å². The summed E-state index contributed by atoms with van der Waals surface area (Å²) in [5, 5.41) is 10.8. The standard InChI is InChI=1S/C17H28ClNO3S/c1-4-6-7-11-16(20)17(13(3)5-2)19-23(21,22)15-10-8-9-14(18)12-15/h8-10,12-13,16-17,19-20H,4-7,11H2,1-3H3/t13-,16?,17-/m0/s1. The Balaban J connectivity index is 2.91. The van der Waals surface area contributed by atoms with Crippen molar-refractivity contribution in [3.8, 4) is 0 Å². The minimum atomic E-state index is -3.71. The molecule has 132 valence electrons. The Morgan fingerprint density at radius 2 is 1.96 bits per heavy atom. The minimum Gasteiger partial charge on any atom is -0.391 e. The molecule has 0 saturated carbocycles. The third-order valence-corrected chi connectivity index (χ3v) is 5.86. The van der Waals surface area contributed by atoms with E-state index in [9.17, 15) is 13.5 Å². The normalized spacial score (nSPS) is 16.0. The molecule has 1 rings (SSSR count). The molecule has 0 spiro atoms. The van der Waals surface area contributed by atoms with Crippen molar-refractivity contribution < 1.29 is 13.5 Å². The molecule has 1 unspecified atom stereocenters. The van der Waals surface area contributed by atoms with E-state index in [0.29, 0.717) is 11.4 Å². The van der Waals surface area contributed by atoms with Gasteiger partial charge in [-0.2, -0.15) is 0 Å². The summed E-state index contributed by atoms with van der Waals surface area (Å²) in [6, 6.07) is 5.66. The molecule has 0 bridgehead atoms. The van der Waals surface area contributed by atoms with Crippen LogP contribution in [-0.2, 0) is 10.0 Å². The number of rotatable bonds is 10. The van der Waals surface area contributed by atoms with Gasteiger partial charge in [0.2, 0.25) is 10.0 Å². The van der Waals surface area contributed by atoms with Crippen LogP contribution in [0.4, 0.5) is 0 Å². The number of aliphatic hydroxyl groups is 1. The predicted molar refractivity (Wildman–Crippen MR) is 95.2 cm³/mol. The van der Waals surface area contributed by atoms with Gasteiger partial charge >= 0.3 is 0 Å². The number of hydrogen-bond acceptors (Lipinski definition) is 3. The van der Waals surface area contributed by atoms with Crippen LogP contribution in [0.3, 0.4) is 0 Å². The summed E-state index contributed by atoms with van der Waals surface area (Å²) < 4.78 is 27.8. The molecule has 2 N–H and O–H groups in total. The fourth-order valence-electron chi connectivity index (χ4n) is 2.49. The van der Waals surface area contributed by atoms with Crippen molar-refractivity contribution >= 4 is 21.6 Å². The van der Waals surface area contributed by atoms with E-state index in [4.69, 9.17) is 11.6 Å². The highest BCUT2D eigenvalue weighted by atomic mass is 35.5. The van der Waals surface area contributed by atoms with Crippen LogP contribution in [0, 0.1) is 5.92 Å². The first-order valence-electron chi connectivity index (χ1n) is 8.27. The molecule has 4 nitrogen and oxygen atoms in total. The van der Waals surface area contributed by atoms with Gasteiger partial charge in [-0.1, -0.05) is 64.1 Å². The zero-order valence-electron chi connectivity index (χ0n) is 14.1. The number of nitrogens with one attached hydrogen (secondary N) is 1. The van der Waals surface area contributed by atoms with Gasteiger partial charge in [-0.3, -0.25) is 0 Å². The second-order valence-corrected chi connectivity index (χ2v) is 8.20. The fraction of sp³-hybridized carbons (Fsp3) is 0.647. The summed E-state index contributed by atoms with van der Waals surface area (Å²) in [5.41, 5.74) is 0. The molecule has 1 aromatic carbocycles. The van der Waals surface area contributed by atoms with Crippen LogP contribution in [0.2, 0.25) is 5.02 Å². The third-order valence-electron chi connectivity index (χ3n) is 4.17. The molecule has 0 aliphatic heterocycles. The van der Waals surface area contributed by atoms with Gasteiger partial charge in [0.05, 0.1) is 17.0 Å². The van der Waals surface area contributed by atoms with Crippen LogP contribution in [0.15, 0.2) is 29.2 Å². The topological polar surface area (TPSA) is 66.4 Å². The average Bonchev–Trinajstić information content (AvgIpc) is 2.52. The Morgan fingerprint density at radius 3 is 2.52 bits per heavy atom. The zero-order valence-corrected chi connectivity index (χ0v) is 15.7. The van der Waals surface area contributed by atoms with Crippen molar-refractivity contribution in [1.29, 1.82) is 0 Å². The van der Waals surface area contributed by atoms with E-state index in [2.05, 4.69) is 11.6 Å². The average molecular weight is 362 g/mol. The van der Waals surface area contributed by atoms with Gasteiger partial charge in [-0.15, -0.1) is 0 Å². The SMILES string of the molecule is CCCCCC(O)[C@@H](NS(=O)(=O)c1cccc(Cl)c1)[C@@H](C)CC. The van der Waals surface area contributed by atoms with Gasteiger partial charge in [-0.25, -0.2) is 13.1 Å². The summed E-state index contributed by atoms with van der Waals surface area (Å²) in [5.74, 6) is 0.0422. The Labute approximate surface area is 145 Å². The predicted octanol–water partition coefficient (Wildman–Crippen LogP) is 3.97. The van der Waals surface area contributed by atoms with E-state index < -0.39 is 22.2 Å². The van der Waals surface area contributed by atoms with E-state index in [1.165, 1.54) is 12.1 Å². The van der Waals surface area contributed by atoms with Crippen LogP contribution in [0.25, 0.3) is 0 Å². The molecule has 0 aliphatic rings. The van der Waals surface area contributed by atoms with Crippen molar-refractivity contribution in [3.05, 3.63) is 29.3 Å². The number of aliphatic hydroxyl groups excluding tert-OH is 1. The van der Waals surface area contributed by atoms with E-state index in [1.807, 2.05) is 13.8 Å². The number of benzene rings is 1. The molecule has 3 atom stereocenters. The maximum absolute atomic E-state index is 12.6. The van der Waals surface area contributed by atoms with Crippen molar-refractivity contribution in [1.82, 2.24) is 4.72 Å². The second kappa shape index (κ2) is 9.62. The van der Waals surface area contributed by atoms with Gasteiger partial charge < -0.3 is 5.11 Å². The molecule has 6 heteroatoms. The van der Waals surface area contributed by atoms with Gasteiger partial charge in [0.1, 0.15) is 0 Å². The number of halogens is 1. The molecule has 1 aromatic rings. The Bertz CT molecular complexity index is 577. The molecule has 0 amide bonds. The Morgan fingerprint density at radius 1 is 1.26 bits per heavy atom. The first-order valence-corrected chi connectivity index (χ1v) is 10.1. The molecule has 0 aromatic heterocycles. The molecule has 0 radical (unpaired) electrons. The van der Waals surface area contributed by atoms with Crippen molar-refractivity contribution in [2.45, 2.75) is 69.9 Å². The van der Waals surface area contributed by atoms with Crippen LogP contribution in [-0.4, -0.2) is 25.7 Å². The molecular formula is C17H28ClNO3S. The van der Waals surface area contributed by atoms with E-state index >= 15 is 0 Å². The third kappa shape index (κ3) is 6.42. The quantitative estimate of drug-likeness (QED) is 0.619. The Kier molecular flexibility index (Phi) is 8.54. The smallest absolute Gasteiger partial charge is 0.240 e. The van der Waals surface area contributed by atoms with E-state index in [-0.39, 0.29) is 10.8 Å². The second-order valence-electron chi connectivity index (χ2n) is 6.05. The lowest BCUT2D eigenvalue weighted by atomic mass is 9.92. The van der Waals surface area contributed by atoms with Crippen LogP contribution >= 0.6 is 11.6 Å². The van der Waals surface area contributed by atoms with Crippen molar-refractivity contribution in [2.24, 2.45) is 5.92 Å².